The van der Waals surface area contributed by atoms with Gasteiger partial charge in [0.2, 0.25) is 0 Å². The maximum absolute atomic E-state index is 15.8. The van der Waals surface area contributed by atoms with Gasteiger partial charge in [-0.2, -0.15) is 0 Å². The van der Waals surface area contributed by atoms with Crippen molar-refractivity contribution >= 4 is 16.9 Å². The minimum atomic E-state index is -1.39. The zero-order valence-electron chi connectivity index (χ0n) is 20.8. The van der Waals surface area contributed by atoms with E-state index in [-0.39, 0.29) is 19.4 Å². The Hall–Kier alpha value is -2.25. The van der Waals surface area contributed by atoms with Crippen LogP contribution in [0.3, 0.4) is 0 Å². The van der Waals surface area contributed by atoms with Gasteiger partial charge in [-0.15, -0.1) is 0 Å². The summed E-state index contributed by atoms with van der Waals surface area (Å²) in [5.41, 5.74) is 0.549. The molecule has 1 atom stereocenters. The molecule has 1 aromatic heterocycles. The molecule has 1 aliphatic carbocycles. The highest BCUT2D eigenvalue weighted by Gasteiger charge is 2.42. The third kappa shape index (κ3) is 5.95. The summed E-state index contributed by atoms with van der Waals surface area (Å²) in [5, 5.41) is 20.6. The number of likely N-dealkylation sites (tertiary alicyclic amines) is 1. The van der Waals surface area contributed by atoms with Gasteiger partial charge in [0.15, 0.2) is 0 Å². The quantitative estimate of drug-likeness (QED) is 0.451. The van der Waals surface area contributed by atoms with Crippen LogP contribution in [0.1, 0.15) is 81.5 Å². The Bertz CT molecular complexity index is 995. The summed E-state index contributed by atoms with van der Waals surface area (Å²) < 4.78 is 21.1. The van der Waals surface area contributed by atoms with Crippen LogP contribution in [0.5, 0.6) is 5.75 Å². The van der Waals surface area contributed by atoms with E-state index in [2.05, 4.69) is 9.88 Å². The van der Waals surface area contributed by atoms with E-state index in [1.165, 1.54) is 44.7 Å². The average Bonchev–Trinajstić information content (AvgIpc) is 2.90. The van der Waals surface area contributed by atoms with Crippen molar-refractivity contribution in [3.8, 4) is 5.75 Å². The molecule has 2 aliphatic rings. The van der Waals surface area contributed by atoms with E-state index in [0.29, 0.717) is 40.6 Å². The molecule has 192 valence electrons. The molecule has 2 fully saturated rings. The molecule has 0 amide bonds. The lowest BCUT2D eigenvalue weighted by atomic mass is 9.74. The first-order valence-corrected chi connectivity index (χ1v) is 13.1. The predicted octanol–water partition coefficient (Wildman–Crippen LogP) is 5.66. The maximum Gasteiger partial charge on any atom is 0.309 e. The number of hydrogen-bond acceptors (Lipinski definition) is 5. The van der Waals surface area contributed by atoms with Crippen LogP contribution in [-0.2, 0) is 11.4 Å². The third-order valence-corrected chi connectivity index (χ3v) is 8.40. The van der Waals surface area contributed by atoms with E-state index < -0.39 is 17.6 Å². The lowest BCUT2D eigenvalue weighted by molar-refractivity contribution is -0.153. The number of carboxylic acids is 1. The Morgan fingerprint density at radius 1 is 1.26 bits per heavy atom. The lowest BCUT2D eigenvalue weighted by Crippen LogP contribution is -2.45. The topological polar surface area (TPSA) is 82.9 Å². The number of methoxy groups -OCH3 is 1. The van der Waals surface area contributed by atoms with Crippen LogP contribution in [0.25, 0.3) is 10.9 Å². The Balaban J connectivity index is 1.42. The van der Waals surface area contributed by atoms with Crippen LogP contribution in [0.15, 0.2) is 24.4 Å². The monoisotopic (exact) mass is 486 g/mol. The summed E-state index contributed by atoms with van der Waals surface area (Å²) in [6.07, 6.45) is 9.50. The number of hydrogen-bond donors (Lipinski definition) is 2. The molecule has 1 aliphatic heterocycles. The van der Waals surface area contributed by atoms with E-state index >= 15 is 4.39 Å². The normalized spacial score (nSPS) is 20.1. The molecule has 1 aromatic carbocycles. The minimum Gasteiger partial charge on any atom is -0.497 e. The number of fused-ring (bicyclic) bond motifs is 1. The van der Waals surface area contributed by atoms with Crippen molar-refractivity contribution in [2.45, 2.75) is 77.0 Å². The van der Waals surface area contributed by atoms with E-state index in [0.717, 1.165) is 25.6 Å². The van der Waals surface area contributed by atoms with Crippen molar-refractivity contribution in [2.24, 2.45) is 11.3 Å². The Kier molecular flexibility index (Phi) is 8.60. The van der Waals surface area contributed by atoms with Gasteiger partial charge in [-0.25, -0.2) is 4.39 Å². The van der Waals surface area contributed by atoms with Crippen molar-refractivity contribution in [1.82, 2.24) is 9.88 Å². The molecular formula is C28H39FN2O4. The van der Waals surface area contributed by atoms with Gasteiger partial charge in [-0.1, -0.05) is 32.1 Å². The van der Waals surface area contributed by atoms with Gasteiger partial charge in [-0.3, -0.25) is 9.78 Å². The number of rotatable bonds is 10. The molecule has 0 radical (unpaired) electrons. The van der Waals surface area contributed by atoms with Gasteiger partial charge in [0.1, 0.15) is 11.9 Å². The highest BCUT2D eigenvalue weighted by molar-refractivity contribution is 5.85. The number of aliphatic carboxylic acids is 1. The molecule has 0 unspecified atom stereocenters. The number of alkyl halides is 1. The van der Waals surface area contributed by atoms with E-state index in [1.807, 2.05) is 0 Å². The second-order valence-corrected chi connectivity index (χ2v) is 10.5. The fraction of sp³-hybridized carbons (Fsp3) is 0.643. The van der Waals surface area contributed by atoms with Crippen molar-refractivity contribution < 1.29 is 24.1 Å². The number of piperidine rings is 1. The number of carboxylic acid groups (broad SMARTS) is 1. The molecule has 4 rings (SSSR count). The van der Waals surface area contributed by atoms with Crippen LogP contribution in [-0.4, -0.2) is 52.8 Å². The molecule has 2 heterocycles. The first-order valence-electron chi connectivity index (χ1n) is 13.1. The number of aliphatic hydroxyl groups excluding tert-OH is 1. The number of nitrogens with zero attached hydrogens (tertiary/aromatic N) is 2. The Labute approximate surface area is 207 Å². The summed E-state index contributed by atoms with van der Waals surface area (Å²) in [7, 11) is 1.55. The summed E-state index contributed by atoms with van der Waals surface area (Å²) in [6.45, 7) is 2.23. The van der Waals surface area contributed by atoms with E-state index in [4.69, 9.17) is 4.74 Å². The fourth-order valence-corrected chi connectivity index (χ4v) is 6.02. The number of aromatic nitrogens is 1. The van der Waals surface area contributed by atoms with Crippen molar-refractivity contribution in [3.63, 3.8) is 0 Å². The van der Waals surface area contributed by atoms with Crippen LogP contribution in [0.4, 0.5) is 4.39 Å². The second kappa shape index (κ2) is 11.7. The fourth-order valence-electron chi connectivity index (χ4n) is 6.02. The summed E-state index contributed by atoms with van der Waals surface area (Å²) in [5.74, 6) is 0.586. The highest BCUT2D eigenvalue weighted by atomic mass is 19.1. The van der Waals surface area contributed by atoms with Crippen LogP contribution in [0, 0.1) is 11.3 Å². The summed E-state index contributed by atoms with van der Waals surface area (Å²) >= 11 is 0. The van der Waals surface area contributed by atoms with Gasteiger partial charge in [0, 0.05) is 22.7 Å². The minimum absolute atomic E-state index is 0.0949. The number of ether oxygens (including phenoxy) is 1. The first-order chi connectivity index (χ1) is 17.0. The largest absolute Gasteiger partial charge is 0.497 e. The predicted molar refractivity (Wildman–Crippen MR) is 134 cm³/mol. The number of pyridine rings is 1. The summed E-state index contributed by atoms with van der Waals surface area (Å²) in [6, 6.07) is 5.28. The SMILES string of the molecule is COc1ccc2ncc(CO)c([C@@H](F)CCC3(C(=O)O)CCN(CCC4CCCCC4)CC3)c2c1. The molecule has 0 spiro atoms. The average molecular weight is 487 g/mol. The second-order valence-electron chi connectivity index (χ2n) is 10.5. The Morgan fingerprint density at radius 2 is 2.00 bits per heavy atom. The van der Waals surface area contributed by atoms with E-state index in [9.17, 15) is 15.0 Å². The molecule has 0 bridgehead atoms. The number of carbonyl (C=O) groups is 1. The van der Waals surface area contributed by atoms with Crippen LogP contribution >= 0.6 is 0 Å². The molecule has 7 heteroatoms. The first kappa shape index (κ1) is 25.8. The summed E-state index contributed by atoms with van der Waals surface area (Å²) in [4.78, 5) is 19.1. The van der Waals surface area contributed by atoms with E-state index in [1.54, 1.807) is 25.3 Å². The van der Waals surface area contributed by atoms with Gasteiger partial charge in [0.05, 0.1) is 24.6 Å². The van der Waals surface area contributed by atoms with Crippen molar-refractivity contribution in [2.75, 3.05) is 26.7 Å². The molecule has 6 nitrogen and oxygen atoms in total. The maximum atomic E-state index is 15.8. The number of halogens is 1. The smallest absolute Gasteiger partial charge is 0.309 e. The Morgan fingerprint density at radius 3 is 2.66 bits per heavy atom. The van der Waals surface area contributed by atoms with Gasteiger partial charge in [0.25, 0.3) is 0 Å². The lowest BCUT2D eigenvalue weighted by Gasteiger charge is -2.39. The number of benzene rings is 1. The zero-order chi connectivity index (χ0) is 24.8. The van der Waals surface area contributed by atoms with Crippen LogP contribution < -0.4 is 4.74 Å². The zero-order valence-corrected chi connectivity index (χ0v) is 20.8. The van der Waals surface area contributed by atoms with Crippen LogP contribution in [0.2, 0.25) is 0 Å². The number of aliphatic hydroxyl groups is 1. The molecule has 2 aromatic rings. The van der Waals surface area contributed by atoms with Gasteiger partial charge in [-0.05, 0) is 75.9 Å². The van der Waals surface area contributed by atoms with Gasteiger partial charge >= 0.3 is 5.97 Å². The van der Waals surface area contributed by atoms with Crippen molar-refractivity contribution in [1.29, 1.82) is 0 Å². The standard InChI is InChI=1S/C28H39FN2O4/c1-35-22-7-8-25-23(17-22)26(21(19-32)18-30-25)24(29)9-11-28(27(33)34)12-15-31(16-13-28)14-10-20-5-3-2-4-6-20/h7-8,17-18,20,24,32H,2-6,9-16,19H2,1H3,(H,33,34)/t24-/m0/s1. The molecule has 1 saturated heterocycles. The highest BCUT2D eigenvalue weighted by Crippen LogP contribution is 2.42. The van der Waals surface area contributed by atoms with Crippen molar-refractivity contribution in [3.05, 3.63) is 35.5 Å². The molecule has 35 heavy (non-hydrogen) atoms. The third-order valence-electron chi connectivity index (χ3n) is 8.40. The molecule has 2 N–H and O–H groups in total. The molecule has 1 saturated carbocycles. The van der Waals surface area contributed by atoms with Gasteiger partial charge < -0.3 is 19.8 Å². The molecular weight excluding hydrogens is 447 g/mol.